The Labute approximate surface area is 215 Å². The molecule has 0 aliphatic carbocycles. The van der Waals surface area contributed by atoms with Gasteiger partial charge < -0.3 is 9.64 Å². The Morgan fingerprint density at radius 3 is 2.29 bits per heavy atom. The summed E-state index contributed by atoms with van der Waals surface area (Å²) in [5.41, 5.74) is 7.05. The minimum Gasteiger partial charge on any atom is -0.360 e. The average molecular weight is 505 g/mol. The highest BCUT2D eigenvalue weighted by molar-refractivity contribution is 7.22. The van der Waals surface area contributed by atoms with Gasteiger partial charge in [-0.15, -0.1) is 0 Å². The van der Waals surface area contributed by atoms with Gasteiger partial charge in [-0.25, -0.2) is 4.98 Å². The summed E-state index contributed by atoms with van der Waals surface area (Å²) in [6.07, 6.45) is -0.674. The first-order chi connectivity index (χ1) is 16.6. The SMILES string of the molecule is CC(=O)[C@@H](OC(C)(C)C)c1c(C)cc2nc(N3Cc4ccccc4C3)sc2c1-c1ccc(Cl)cc1. The van der Waals surface area contributed by atoms with E-state index in [1.165, 1.54) is 11.1 Å². The van der Waals surface area contributed by atoms with Crippen LogP contribution in [0.25, 0.3) is 21.3 Å². The van der Waals surface area contributed by atoms with Crippen LogP contribution in [0.4, 0.5) is 5.13 Å². The maximum Gasteiger partial charge on any atom is 0.187 e. The van der Waals surface area contributed by atoms with E-state index in [9.17, 15) is 4.79 Å². The van der Waals surface area contributed by atoms with Crippen molar-refractivity contribution >= 4 is 44.1 Å². The van der Waals surface area contributed by atoms with Gasteiger partial charge in [-0.2, -0.15) is 0 Å². The minimum atomic E-state index is -0.674. The Bertz CT molecular complexity index is 1390. The third-order valence-corrected chi connectivity index (χ3v) is 7.67. The number of carbonyl (C=O) groups excluding carboxylic acids is 1. The summed E-state index contributed by atoms with van der Waals surface area (Å²) in [4.78, 5) is 20.3. The number of thiazole rings is 1. The highest BCUT2D eigenvalue weighted by Gasteiger charge is 2.31. The Morgan fingerprint density at radius 2 is 1.71 bits per heavy atom. The molecule has 0 saturated heterocycles. The molecule has 1 aliphatic heterocycles. The van der Waals surface area contributed by atoms with E-state index in [0.717, 1.165) is 50.7 Å². The van der Waals surface area contributed by atoms with Gasteiger partial charge in [0.1, 0.15) is 6.10 Å². The lowest BCUT2D eigenvalue weighted by Crippen LogP contribution is -2.27. The average Bonchev–Trinajstić information content (AvgIpc) is 3.40. The Kier molecular flexibility index (Phi) is 6.20. The first kappa shape index (κ1) is 24.0. The summed E-state index contributed by atoms with van der Waals surface area (Å²) in [7, 11) is 0. The first-order valence-corrected chi connectivity index (χ1v) is 13.0. The van der Waals surface area contributed by atoms with Gasteiger partial charge in [0.15, 0.2) is 10.9 Å². The largest absolute Gasteiger partial charge is 0.360 e. The van der Waals surface area contributed by atoms with E-state index in [-0.39, 0.29) is 5.78 Å². The zero-order valence-electron chi connectivity index (χ0n) is 20.7. The summed E-state index contributed by atoms with van der Waals surface area (Å²) in [6.45, 7) is 11.3. The predicted octanol–water partition coefficient (Wildman–Crippen LogP) is 7.89. The minimum absolute atomic E-state index is 0.0164. The molecule has 0 saturated carbocycles. The fourth-order valence-electron chi connectivity index (χ4n) is 4.74. The number of ether oxygens (including phenoxy) is 1. The molecule has 180 valence electrons. The van der Waals surface area contributed by atoms with Crippen LogP contribution >= 0.6 is 22.9 Å². The number of fused-ring (bicyclic) bond motifs is 2. The Balaban J connectivity index is 1.71. The molecule has 0 bridgehead atoms. The number of ketones is 1. The number of hydrogen-bond acceptors (Lipinski definition) is 5. The number of aryl methyl sites for hydroxylation is 1. The fourth-order valence-corrected chi connectivity index (χ4v) is 5.99. The second kappa shape index (κ2) is 9.05. The van der Waals surface area contributed by atoms with Gasteiger partial charge in [-0.05, 0) is 75.1 Å². The highest BCUT2D eigenvalue weighted by atomic mass is 35.5. The molecule has 3 aromatic carbocycles. The Hall–Kier alpha value is -2.73. The third-order valence-electron chi connectivity index (χ3n) is 6.26. The lowest BCUT2D eigenvalue weighted by atomic mass is 9.90. The number of benzene rings is 3. The van der Waals surface area contributed by atoms with Crippen molar-refractivity contribution in [3.63, 3.8) is 0 Å². The summed E-state index contributed by atoms with van der Waals surface area (Å²) in [6, 6.07) is 18.4. The van der Waals surface area contributed by atoms with Gasteiger partial charge in [-0.1, -0.05) is 59.3 Å². The van der Waals surface area contributed by atoms with E-state index in [1.807, 2.05) is 52.0 Å². The molecule has 5 rings (SSSR count). The van der Waals surface area contributed by atoms with Crippen molar-refractivity contribution in [2.75, 3.05) is 4.90 Å². The van der Waals surface area contributed by atoms with Crippen molar-refractivity contribution in [1.82, 2.24) is 4.98 Å². The monoisotopic (exact) mass is 504 g/mol. The topological polar surface area (TPSA) is 42.4 Å². The van der Waals surface area contributed by atoms with E-state index >= 15 is 0 Å². The van der Waals surface area contributed by atoms with Crippen LogP contribution in [0.1, 0.15) is 56.1 Å². The van der Waals surface area contributed by atoms with Crippen molar-refractivity contribution in [2.45, 2.75) is 59.4 Å². The standard InChI is InChI=1S/C29H29ClN2O2S/c1-17-14-23-27(35-28(31-23)32-15-20-8-6-7-9-21(20)16-32)25(19-10-12-22(30)13-11-19)24(17)26(18(2)33)34-29(3,4)5/h6-14,26H,15-16H2,1-5H3/t26-/m1/s1. The summed E-state index contributed by atoms with van der Waals surface area (Å²) in [5, 5.41) is 1.66. The lowest BCUT2D eigenvalue weighted by Gasteiger charge is -2.29. The normalized spacial score (nSPS) is 14.4. The van der Waals surface area contributed by atoms with E-state index in [4.69, 9.17) is 21.3 Å². The quantitative estimate of drug-likeness (QED) is 0.277. The number of halogens is 1. The Morgan fingerprint density at radius 1 is 1.09 bits per heavy atom. The zero-order chi connectivity index (χ0) is 24.9. The third kappa shape index (κ3) is 4.73. The van der Waals surface area contributed by atoms with Gasteiger partial charge >= 0.3 is 0 Å². The van der Waals surface area contributed by atoms with Crippen LogP contribution in [-0.2, 0) is 22.6 Å². The number of rotatable bonds is 5. The molecule has 4 nitrogen and oxygen atoms in total. The maximum absolute atomic E-state index is 12.9. The highest BCUT2D eigenvalue weighted by Crippen LogP contribution is 2.45. The van der Waals surface area contributed by atoms with Gasteiger partial charge in [-0.3, -0.25) is 4.79 Å². The summed E-state index contributed by atoms with van der Waals surface area (Å²) >= 11 is 7.90. The van der Waals surface area contributed by atoms with Crippen molar-refractivity contribution in [1.29, 1.82) is 0 Å². The van der Waals surface area contributed by atoms with Crippen LogP contribution in [0.15, 0.2) is 54.6 Å². The van der Waals surface area contributed by atoms with E-state index in [1.54, 1.807) is 18.3 Å². The van der Waals surface area contributed by atoms with E-state index in [0.29, 0.717) is 5.02 Å². The number of Topliss-reactive ketones (excluding diaryl/α,β-unsaturated/α-hetero) is 1. The molecule has 1 atom stereocenters. The van der Waals surface area contributed by atoms with Crippen molar-refractivity contribution in [3.8, 4) is 11.1 Å². The van der Waals surface area contributed by atoms with Crippen LogP contribution in [0.5, 0.6) is 0 Å². The van der Waals surface area contributed by atoms with E-state index < -0.39 is 11.7 Å². The van der Waals surface area contributed by atoms with Crippen molar-refractivity contribution in [2.24, 2.45) is 0 Å². The maximum atomic E-state index is 12.9. The zero-order valence-corrected chi connectivity index (χ0v) is 22.3. The molecule has 2 heterocycles. The second-order valence-corrected chi connectivity index (χ2v) is 11.6. The van der Waals surface area contributed by atoms with Crippen molar-refractivity contribution in [3.05, 3.63) is 81.9 Å². The van der Waals surface area contributed by atoms with Gasteiger partial charge in [0.05, 0.1) is 15.8 Å². The molecule has 0 fully saturated rings. The van der Waals surface area contributed by atoms with Gasteiger partial charge in [0.2, 0.25) is 0 Å². The van der Waals surface area contributed by atoms with Crippen LogP contribution < -0.4 is 4.90 Å². The molecule has 0 amide bonds. The van der Waals surface area contributed by atoms with Crippen molar-refractivity contribution < 1.29 is 9.53 Å². The summed E-state index contributed by atoms with van der Waals surface area (Å²) < 4.78 is 7.41. The molecular formula is C29H29ClN2O2S. The van der Waals surface area contributed by atoms with Gasteiger partial charge in [0.25, 0.3) is 0 Å². The van der Waals surface area contributed by atoms with Crippen LogP contribution in [0, 0.1) is 6.92 Å². The number of anilines is 1. The number of aromatic nitrogens is 1. The molecule has 1 aliphatic rings. The van der Waals surface area contributed by atoms with Crippen LogP contribution in [0.2, 0.25) is 5.02 Å². The van der Waals surface area contributed by atoms with E-state index in [2.05, 4.69) is 35.2 Å². The molecule has 0 radical (unpaired) electrons. The number of carbonyl (C=O) groups is 1. The number of nitrogens with zero attached hydrogens (tertiary/aromatic N) is 2. The smallest absolute Gasteiger partial charge is 0.187 e. The molecule has 0 N–H and O–H groups in total. The molecule has 4 aromatic rings. The fraction of sp³-hybridized carbons (Fsp3) is 0.310. The number of hydrogen-bond donors (Lipinski definition) is 0. The lowest BCUT2D eigenvalue weighted by molar-refractivity contribution is -0.138. The molecular weight excluding hydrogens is 476 g/mol. The molecule has 6 heteroatoms. The van der Waals surface area contributed by atoms with Crippen LogP contribution in [-0.4, -0.2) is 16.4 Å². The van der Waals surface area contributed by atoms with Crippen LogP contribution in [0.3, 0.4) is 0 Å². The second-order valence-electron chi connectivity index (χ2n) is 10.2. The molecule has 35 heavy (non-hydrogen) atoms. The summed E-state index contributed by atoms with van der Waals surface area (Å²) in [5.74, 6) is -0.0164. The first-order valence-electron chi connectivity index (χ1n) is 11.8. The molecule has 1 aromatic heterocycles. The molecule has 0 unspecified atom stereocenters. The van der Waals surface area contributed by atoms with Gasteiger partial charge in [0, 0.05) is 29.2 Å². The predicted molar refractivity (Wildman–Crippen MR) is 145 cm³/mol. The molecule has 0 spiro atoms.